The monoisotopic (exact) mass is 428 g/mol. The topological polar surface area (TPSA) is 39.7 Å². The van der Waals surface area contributed by atoms with E-state index in [4.69, 9.17) is 0 Å². The van der Waals surface area contributed by atoms with Crippen LogP contribution in [0.15, 0.2) is 4.99 Å². The van der Waals surface area contributed by atoms with E-state index in [2.05, 4.69) is 26.8 Å². The molecular weight excluding hydrogens is 395 g/mol. The van der Waals surface area contributed by atoms with E-state index >= 15 is 0 Å². The number of nitrogens with zero attached hydrogens (tertiary/aromatic N) is 2. The van der Waals surface area contributed by atoms with Crippen LogP contribution < -0.4 is 10.6 Å². The molecule has 0 aromatic rings. The molecule has 0 aromatic heterocycles. The number of thioether (sulfide) groups is 1. The molecule has 0 aromatic carbocycles. The number of hydrogen-bond acceptors (Lipinski definition) is 3. The van der Waals surface area contributed by atoms with Crippen LogP contribution in [0.4, 0.5) is 0 Å². The number of aliphatic imine (C=N–C) groups is 1. The Balaban J connectivity index is 0.00000400. The van der Waals surface area contributed by atoms with Crippen LogP contribution >= 0.6 is 35.7 Å². The van der Waals surface area contributed by atoms with Gasteiger partial charge in [0.05, 0.1) is 0 Å². The first kappa shape index (κ1) is 21.3. The lowest BCUT2D eigenvalue weighted by molar-refractivity contribution is 0.330. The number of likely N-dealkylation sites (tertiary alicyclic amines) is 1. The van der Waals surface area contributed by atoms with Crippen molar-refractivity contribution >= 4 is 41.7 Å². The minimum Gasteiger partial charge on any atom is -0.356 e. The molecule has 0 unspecified atom stereocenters. The Morgan fingerprint density at radius 2 is 1.67 bits per heavy atom. The highest BCUT2D eigenvalue weighted by atomic mass is 127. The molecule has 4 nitrogen and oxygen atoms in total. The fourth-order valence-corrected chi connectivity index (χ4v) is 2.97. The van der Waals surface area contributed by atoms with Crippen molar-refractivity contribution < 1.29 is 0 Å². The summed E-state index contributed by atoms with van der Waals surface area (Å²) in [6, 6.07) is 0. The Hall–Kier alpha value is 0.310. The molecule has 1 fully saturated rings. The van der Waals surface area contributed by atoms with E-state index in [0.717, 1.165) is 19.0 Å². The molecule has 0 bridgehead atoms. The first-order valence-corrected chi connectivity index (χ1v) is 9.42. The molecule has 21 heavy (non-hydrogen) atoms. The summed E-state index contributed by atoms with van der Waals surface area (Å²) in [5.41, 5.74) is 0. The van der Waals surface area contributed by atoms with Crippen molar-refractivity contribution in [3.63, 3.8) is 0 Å². The maximum atomic E-state index is 4.26. The first-order chi connectivity index (χ1) is 9.86. The predicted octanol–water partition coefficient (Wildman–Crippen LogP) is 2.79. The smallest absolute Gasteiger partial charge is 0.190 e. The molecule has 1 aliphatic rings. The van der Waals surface area contributed by atoms with E-state index in [0.29, 0.717) is 0 Å². The summed E-state index contributed by atoms with van der Waals surface area (Å²) in [6.07, 6.45) is 9.96. The van der Waals surface area contributed by atoms with Gasteiger partial charge in [-0.2, -0.15) is 11.8 Å². The van der Waals surface area contributed by atoms with E-state index in [1.807, 2.05) is 18.8 Å². The second-order valence-electron chi connectivity index (χ2n) is 5.38. The third-order valence-corrected chi connectivity index (χ3v) is 4.38. The van der Waals surface area contributed by atoms with Crippen LogP contribution in [0.3, 0.4) is 0 Å². The Morgan fingerprint density at radius 1 is 1.05 bits per heavy atom. The lowest BCUT2D eigenvalue weighted by Crippen LogP contribution is -2.38. The second kappa shape index (κ2) is 15.2. The Bertz CT molecular complexity index is 258. The van der Waals surface area contributed by atoms with Crippen LogP contribution in [0, 0.1) is 0 Å². The maximum absolute atomic E-state index is 4.26. The standard InChI is InChI=1S/C15H32N4S.HI/c1-16-15(18-10-4-8-14-20-2)17-9-3-5-11-19-12-6-7-13-19;/h3-14H2,1-2H3,(H2,16,17,18);1H. The minimum absolute atomic E-state index is 0. The van der Waals surface area contributed by atoms with Gasteiger partial charge >= 0.3 is 0 Å². The number of halogens is 1. The molecular formula is C15H33IN4S. The van der Waals surface area contributed by atoms with E-state index in [9.17, 15) is 0 Å². The van der Waals surface area contributed by atoms with Gasteiger partial charge in [0.1, 0.15) is 0 Å². The summed E-state index contributed by atoms with van der Waals surface area (Å²) >= 11 is 1.92. The maximum Gasteiger partial charge on any atom is 0.190 e. The molecule has 1 heterocycles. The summed E-state index contributed by atoms with van der Waals surface area (Å²) in [5, 5.41) is 6.78. The number of nitrogens with one attached hydrogen (secondary N) is 2. The molecule has 126 valence electrons. The minimum atomic E-state index is 0. The quantitative estimate of drug-likeness (QED) is 0.243. The fourth-order valence-electron chi connectivity index (χ4n) is 2.47. The Kier molecular flexibility index (Phi) is 15.4. The molecule has 1 rings (SSSR count). The van der Waals surface area contributed by atoms with Crippen molar-refractivity contribution in [3.05, 3.63) is 0 Å². The molecule has 1 saturated heterocycles. The molecule has 0 saturated carbocycles. The molecule has 0 aliphatic carbocycles. The van der Waals surface area contributed by atoms with Gasteiger partial charge in [0, 0.05) is 20.1 Å². The summed E-state index contributed by atoms with van der Waals surface area (Å²) in [4.78, 5) is 6.84. The van der Waals surface area contributed by atoms with Gasteiger partial charge < -0.3 is 15.5 Å². The van der Waals surface area contributed by atoms with Gasteiger partial charge in [-0.25, -0.2) is 0 Å². The summed E-state index contributed by atoms with van der Waals surface area (Å²) in [6.45, 7) is 5.94. The molecule has 1 aliphatic heterocycles. The van der Waals surface area contributed by atoms with Crippen LogP contribution in [0.1, 0.15) is 38.5 Å². The van der Waals surface area contributed by atoms with Crippen LogP contribution in [-0.4, -0.2) is 62.6 Å². The highest BCUT2D eigenvalue weighted by molar-refractivity contribution is 14.0. The molecule has 0 amide bonds. The number of guanidine groups is 1. The molecule has 0 radical (unpaired) electrons. The fraction of sp³-hybridized carbons (Fsp3) is 0.933. The van der Waals surface area contributed by atoms with Crippen molar-refractivity contribution in [2.45, 2.75) is 38.5 Å². The normalized spacial score (nSPS) is 15.8. The van der Waals surface area contributed by atoms with E-state index < -0.39 is 0 Å². The number of unbranched alkanes of at least 4 members (excludes halogenated alkanes) is 2. The highest BCUT2D eigenvalue weighted by Gasteiger charge is 2.09. The summed E-state index contributed by atoms with van der Waals surface area (Å²) in [7, 11) is 1.85. The van der Waals surface area contributed by atoms with E-state index in [1.165, 1.54) is 63.9 Å². The zero-order valence-corrected chi connectivity index (χ0v) is 16.8. The van der Waals surface area contributed by atoms with Gasteiger partial charge in [-0.1, -0.05) is 0 Å². The van der Waals surface area contributed by atoms with Crippen molar-refractivity contribution in [1.82, 2.24) is 15.5 Å². The average molecular weight is 428 g/mol. The number of hydrogen-bond donors (Lipinski definition) is 2. The summed E-state index contributed by atoms with van der Waals surface area (Å²) < 4.78 is 0. The average Bonchev–Trinajstić information content (AvgIpc) is 2.97. The van der Waals surface area contributed by atoms with Crippen molar-refractivity contribution in [2.75, 3.05) is 51.8 Å². The van der Waals surface area contributed by atoms with Crippen molar-refractivity contribution in [2.24, 2.45) is 4.99 Å². The van der Waals surface area contributed by atoms with Crippen LogP contribution in [0.25, 0.3) is 0 Å². The second-order valence-corrected chi connectivity index (χ2v) is 6.37. The summed E-state index contributed by atoms with van der Waals surface area (Å²) in [5.74, 6) is 2.21. The van der Waals surface area contributed by atoms with Crippen LogP contribution in [0.5, 0.6) is 0 Å². The Labute approximate surface area is 152 Å². The lowest BCUT2D eigenvalue weighted by Gasteiger charge is -2.15. The van der Waals surface area contributed by atoms with Gasteiger partial charge in [0.2, 0.25) is 0 Å². The molecule has 6 heteroatoms. The van der Waals surface area contributed by atoms with E-state index in [-0.39, 0.29) is 24.0 Å². The first-order valence-electron chi connectivity index (χ1n) is 8.02. The zero-order valence-electron chi connectivity index (χ0n) is 13.7. The third kappa shape index (κ3) is 11.5. The third-order valence-electron chi connectivity index (χ3n) is 3.68. The van der Waals surface area contributed by atoms with Crippen LogP contribution in [-0.2, 0) is 0 Å². The van der Waals surface area contributed by atoms with Gasteiger partial charge in [-0.15, -0.1) is 24.0 Å². The molecule has 0 atom stereocenters. The lowest BCUT2D eigenvalue weighted by atomic mass is 10.3. The number of rotatable bonds is 10. The molecule has 2 N–H and O–H groups in total. The largest absolute Gasteiger partial charge is 0.356 e. The van der Waals surface area contributed by atoms with Crippen molar-refractivity contribution in [3.8, 4) is 0 Å². The van der Waals surface area contributed by atoms with E-state index in [1.54, 1.807) is 0 Å². The zero-order chi connectivity index (χ0) is 14.5. The van der Waals surface area contributed by atoms with Crippen LogP contribution in [0.2, 0.25) is 0 Å². The van der Waals surface area contributed by atoms with Gasteiger partial charge in [-0.3, -0.25) is 4.99 Å². The highest BCUT2D eigenvalue weighted by Crippen LogP contribution is 2.07. The predicted molar refractivity (Wildman–Crippen MR) is 107 cm³/mol. The SMILES string of the molecule is CN=C(NCCCCSC)NCCCCN1CCCC1.I. The molecule has 0 spiro atoms. The van der Waals surface area contributed by atoms with Gasteiger partial charge in [-0.05, 0) is 70.2 Å². The van der Waals surface area contributed by atoms with Gasteiger partial charge in [0.25, 0.3) is 0 Å². The van der Waals surface area contributed by atoms with Gasteiger partial charge in [0.15, 0.2) is 5.96 Å². The Morgan fingerprint density at radius 3 is 2.24 bits per heavy atom. The van der Waals surface area contributed by atoms with Crippen molar-refractivity contribution in [1.29, 1.82) is 0 Å².